The van der Waals surface area contributed by atoms with E-state index < -0.39 is 0 Å². The first-order valence-corrected chi connectivity index (χ1v) is 11.9. The highest BCUT2D eigenvalue weighted by Gasteiger charge is 2.18. The zero-order chi connectivity index (χ0) is 23.3. The fourth-order valence-electron chi connectivity index (χ4n) is 4.22. The summed E-state index contributed by atoms with van der Waals surface area (Å²) in [4.78, 5) is 4.72. The van der Waals surface area contributed by atoms with Gasteiger partial charge in [-0.25, -0.2) is 0 Å². The van der Waals surface area contributed by atoms with Gasteiger partial charge in [0.2, 0.25) is 5.88 Å². The van der Waals surface area contributed by atoms with Crippen LogP contribution >= 0.6 is 11.6 Å². The maximum atomic E-state index is 6.29. The van der Waals surface area contributed by atoms with Crippen LogP contribution in [0.1, 0.15) is 31.2 Å². The molecule has 1 fully saturated rings. The van der Waals surface area contributed by atoms with Gasteiger partial charge < -0.3 is 20.1 Å². The number of anilines is 2. The standard InChI is InChI=1S/C26H26ClN5O2/c1-2-33-24-13-18(17-9-11-28-12-10-17)7-8-22(24)31-26-20-16-30-29-15-19(20)14-25(32-26)34-23-6-4-3-5-21(23)27/h3-8,13-17,28H,2,9-12H2,1H3,(H,31,32). The molecule has 4 aromatic rings. The molecule has 1 aliphatic heterocycles. The molecule has 0 atom stereocenters. The van der Waals surface area contributed by atoms with Gasteiger partial charge >= 0.3 is 0 Å². The van der Waals surface area contributed by atoms with Crippen LogP contribution in [0.5, 0.6) is 17.4 Å². The maximum absolute atomic E-state index is 6.29. The zero-order valence-corrected chi connectivity index (χ0v) is 19.7. The van der Waals surface area contributed by atoms with E-state index in [0.29, 0.717) is 35.0 Å². The first-order valence-electron chi connectivity index (χ1n) is 11.5. The summed E-state index contributed by atoms with van der Waals surface area (Å²) < 4.78 is 12.0. The third-order valence-electron chi connectivity index (χ3n) is 5.94. The number of hydrogen-bond donors (Lipinski definition) is 2. The van der Waals surface area contributed by atoms with Crippen LogP contribution in [0, 0.1) is 0 Å². The Hall–Kier alpha value is -3.42. The third kappa shape index (κ3) is 4.90. The SMILES string of the molecule is CCOc1cc(C2CCNCC2)ccc1Nc1nc(Oc2ccccc2Cl)cc2cnncc12. The minimum atomic E-state index is 0.403. The van der Waals surface area contributed by atoms with Gasteiger partial charge in [-0.15, -0.1) is 0 Å². The minimum Gasteiger partial charge on any atom is -0.492 e. The molecule has 5 rings (SSSR count). The lowest BCUT2D eigenvalue weighted by molar-refractivity contribution is 0.341. The van der Waals surface area contributed by atoms with E-state index in [1.165, 1.54) is 5.56 Å². The second-order valence-electron chi connectivity index (χ2n) is 8.17. The summed E-state index contributed by atoms with van der Waals surface area (Å²) in [6, 6.07) is 15.5. The van der Waals surface area contributed by atoms with Gasteiger partial charge in [0, 0.05) is 16.8 Å². The quantitative estimate of drug-likeness (QED) is 0.335. The van der Waals surface area contributed by atoms with Gasteiger partial charge in [0.1, 0.15) is 17.3 Å². The van der Waals surface area contributed by atoms with Gasteiger partial charge in [-0.1, -0.05) is 29.8 Å². The maximum Gasteiger partial charge on any atom is 0.221 e. The van der Waals surface area contributed by atoms with Gasteiger partial charge in [-0.05, 0) is 68.6 Å². The fraction of sp³-hybridized carbons (Fsp3) is 0.269. The van der Waals surface area contributed by atoms with Crippen molar-refractivity contribution in [2.75, 3.05) is 25.0 Å². The lowest BCUT2D eigenvalue weighted by Gasteiger charge is -2.24. The molecule has 0 bridgehead atoms. The average Bonchev–Trinajstić information content (AvgIpc) is 2.87. The lowest BCUT2D eigenvalue weighted by Crippen LogP contribution is -2.26. The molecule has 0 spiro atoms. The molecule has 2 N–H and O–H groups in total. The van der Waals surface area contributed by atoms with E-state index in [9.17, 15) is 0 Å². The molecular weight excluding hydrogens is 450 g/mol. The molecule has 3 heterocycles. The summed E-state index contributed by atoms with van der Waals surface area (Å²) in [5.41, 5.74) is 2.13. The normalized spacial score (nSPS) is 14.2. The van der Waals surface area contributed by atoms with E-state index in [4.69, 9.17) is 26.1 Å². The van der Waals surface area contributed by atoms with Crippen LogP contribution in [0.4, 0.5) is 11.5 Å². The molecule has 174 valence electrons. The molecule has 0 unspecified atom stereocenters. The number of benzene rings is 2. The first kappa shape index (κ1) is 22.4. The summed E-state index contributed by atoms with van der Waals surface area (Å²) in [6.45, 7) is 4.65. The lowest BCUT2D eigenvalue weighted by atomic mass is 9.90. The number of para-hydroxylation sites is 1. The number of nitrogens with one attached hydrogen (secondary N) is 2. The summed E-state index contributed by atoms with van der Waals surface area (Å²) in [6.07, 6.45) is 5.63. The fourth-order valence-corrected chi connectivity index (χ4v) is 4.40. The molecular formula is C26H26ClN5O2. The van der Waals surface area contributed by atoms with Crippen molar-refractivity contribution in [1.82, 2.24) is 20.5 Å². The largest absolute Gasteiger partial charge is 0.492 e. The molecule has 1 saturated heterocycles. The van der Waals surface area contributed by atoms with E-state index in [1.54, 1.807) is 24.5 Å². The van der Waals surface area contributed by atoms with E-state index in [-0.39, 0.29) is 0 Å². The summed E-state index contributed by atoms with van der Waals surface area (Å²) in [5.74, 6) is 2.87. The van der Waals surface area contributed by atoms with Gasteiger partial charge in [-0.3, -0.25) is 0 Å². The van der Waals surface area contributed by atoms with Crippen molar-refractivity contribution in [3.05, 3.63) is 71.5 Å². The minimum absolute atomic E-state index is 0.403. The Balaban J connectivity index is 1.50. The Bertz CT molecular complexity index is 1290. The van der Waals surface area contributed by atoms with Crippen molar-refractivity contribution in [2.45, 2.75) is 25.7 Å². The molecule has 2 aromatic heterocycles. The second-order valence-corrected chi connectivity index (χ2v) is 8.58. The first-order chi connectivity index (χ1) is 16.7. The number of piperidine rings is 1. The Morgan fingerprint density at radius 2 is 1.85 bits per heavy atom. The highest BCUT2D eigenvalue weighted by molar-refractivity contribution is 6.32. The van der Waals surface area contributed by atoms with Crippen LogP contribution in [-0.2, 0) is 0 Å². The van der Waals surface area contributed by atoms with Crippen LogP contribution in [0.25, 0.3) is 10.8 Å². The van der Waals surface area contributed by atoms with Crippen molar-refractivity contribution in [2.24, 2.45) is 0 Å². The molecule has 34 heavy (non-hydrogen) atoms. The smallest absolute Gasteiger partial charge is 0.221 e. The van der Waals surface area contributed by atoms with Crippen molar-refractivity contribution in [3.63, 3.8) is 0 Å². The molecule has 0 aliphatic carbocycles. The molecule has 8 heteroatoms. The van der Waals surface area contributed by atoms with Gasteiger partial charge in [0.15, 0.2) is 0 Å². The van der Waals surface area contributed by atoms with Crippen molar-refractivity contribution >= 4 is 33.9 Å². The number of ether oxygens (including phenoxy) is 2. The number of rotatable bonds is 7. The van der Waals surface area contributed by atoms with Crippen LogP contribution in [-0.4, -0.2) is 34.9 Å². The van der Waals surface area contributed by atoms with Crippen LogP contribution in [0.2, 0.25) is 5.02 Å². The second kappa shape index (κ2) is 10.2. The summed E-state index contributed by atoms with van der Waals surface area (Å²) in [5, 5.41) is 17.1. The van der Waals surface area contributed by atoms with Crippen molar-refractivity contribution < 1.29 is 9.47 Å². The molecule has 1 aliphatic rings. The Kier molecular flexibility index (Phi) is 6.74. The average molecular weight is 476 g/mol. The number of aromatic nitrogens is 3. The number of nitrogens with zero attached hydrogens (tertiary/aromatic N) is 3. The predicted octanol–water partition coefficient (Wildman–Crippen LogP) is 6.08. The van der Waals surface area contributed by atoms with Crippen LogP contribution in [0.3, 0.4) is 0 Å². The van der Waals surface area contributed by atoms with Gasteiger partial charge in [-0.2, -0.15) is 15.2 Å². The molecule has 0 radical (unpaired) electrons. The molecule has 0 amide bonds. The molecule has 0 saturated carbocycles. The Morgan fingerprint density at radius 3 is 2.68 bits per heavy atom. The van der Waals surface area contributed by atoms with E-state index in [0.717, 1.165) is 48.1 Å². The molecule has 2 aromatic carbocycles. The number of fused-ring (bicyclic) bond motifs is 1. The Labute approximate surface area is 203 Å². The monoisotopic (exact) mass is 475 g/mol. The number of pyridine rings is 1. The van der Waals surface area contributed by atoms with Gasteiger partial charge in [0.05, 0.1) is 29.7 Å². The van der Waals surface area contributed by atoms with E-state index in [1.807, 2.05) is 25.1 Å². The van der Waals surface area contributed by atoms with Crippen LogP contribution in [0.15, 0.2) is 60.9 Å². The number of hydrogen-bond acceptors (Lipinski definition) is 7. The summed E-state index contributed by atoms with van der Waals surface area (Å²) >= 11 is 6.29. The van der Waals surface area contributed by atoms with Crippen molar-refractivity contribution in [3.8, 4) is 17.4 Å². The zero-order valence-electron chi connectivity index (χ0n) is 18.9. The number of halogens is 1. The van der Waals surface area contributed by atoms with Crippen LogP contribution < -0.4 is 20.1 Å². The highest BCUT2D eigenvalue weighted by Crippen LogP contribution is 2.37. The topological polar surface area (TPSA) is 81.2 Å². The summed E-state index contributed by atoms with van der Waals surface area (Å²) in [7, 11) is 0. The Morgan fingerprint density at radius 1 is 1.03 bits per heavy atom. The van der Waals surface area contributed by atoms with Crippen molar-refractivity contribution in [1.29, 1.82) is 0 Å². The molecule has 7 nitrogen and oxygen atoms in total. The van der Waals surface area contributed by atoms with Gasteiger partial charge in [0.25, 0.3) is 0 Å². The van der Waals surface area contributed by atoms with E-state index in [2.05, 4.69) is 39.0 Å². The predicted molar refractivity (Wildman–Crippen MR) is 135 cm³/mol. The van der Waals surface area contributed by atoms with E-state index >= 15 is 0 Å². The third-order valence-corrected chi connectivity index (χ3v) is 6.25. The highest BCUT2D eigenvalue weighted by atomic mass is 35.5.